The number of aryl methyl sites for hydroxylation is 1. The van der Waals surface area contributed by atoms with Gasteiger partial charge in [0.25, 0.3) is 0 Å². The van der Waals surface area contributed by atoms with E-state index >= 15 is 0 Å². The number of halogens is 3. The number of Topliss-reactive ketones (excluding diaryl/α,β-unsaturated/α-hetero) is 1. The van der Waals surface area contributed by atoms with Crippen LogP contribution in [-0.2, 0) is 36.9 Å². The van der Waals surface area contributed by atoms with E-state index in [2.05, 4.69) is 20.5 Å². The molecule has 10 heteroatoms. The van der Waals surface area contributed by atoms with Crippen LogP contribution in [0.1, 0.15) is 55.9 Å². The molecule has 0 bridgehead atoms. The maximum atomic E-state index is 14.1. The number of amides is 1. The summed E-state index contributed by atoms with van der Waals surface area (Å²) >= 11 is 0. The average molecular weight is 606 g/mol. The standard InChI is InChI=1S/C34H38F3N5O2/c1-21-5-6-22(11-27(21)17-39-28-14-25-13-26(33(44)38-2)16-31(25)40-18-28)12-32(43)23-7-8-24(30(15-23)34(35,36)37)19-42-10-9-29(20-42)41(3)4/h5-8,11,13-15,18,29,39H,9-10,12,16-17,19-20H2,1-4H3,(H,38,44)/t29-/m0/s1. The number of fused-ring (bicyclic) bond motifs is 1. The number of hydrogen-bond acceptors (Lipinski definition) is 6. The first-order valence-corrected chi connectivity index (χ1v) is 14.8. The number of ketones is 1. The number of nitrogens with zero attached hydrogens (tertiary/aromatic N) is 3. The monoisotopic (exact) mass is 605 g/mol. The number of aromatic nitrogens is 1. The van der Waals surface area contributed by atoms with E-state index in [1.807, 2.05) is 56.3 Å². The number of anilines is 1. The molecule has 1 aromatic heterocycles. The van der Waals surface area contributed by atoms with Gasteiger partial charge < -0.3 is 15.5 Å². The number of likely N-dealkylation sites (tertiary alicyclic amines) is 1. The summed E-state index contributed by atoms with van der Waals surface area (Å²) in [6.45, 7) is 4.10. The average Bonchev–Trinajstić information content (AvgIpc) is 3.64. The van der Waals surface area contributed by atoms with Gasteiger partial charge in [-0.25, -0.2) is 0 Å². The molecule has 1 atom stereocenters. The van der Waals surface area contributed by atoms with Crippen LogP contribution < -0.4 is 10.6 Å². The normalized spacial score (nSPS) is 16.6. The van der Waals surface area contributed by atoms with Gasteiger partial charge in [0.05, 0.1) is 23.1 Å². The first-order valence-electron chi connectivity index (χ1n) is 14.8. The van der Waals surface area contributed by atoms with Crippen molar-refractivity contribution < 1.29 is 22.8 Å². The maximum absolute atomic E-state index is 14.1. The van der Waals surface area contributed by atoms with Crippen LogP contribution in [0.25, 0.3) is 6.08 Å². The molecule has 0 spiro atoms. The van der Waals surface area contributed by atoms with Crippen LogP contribution in [0.4, 0.5) is 18.9 Å². The maximum Gasteiger partial charge on any atom is 0.416 e. The smallest absolute Gasteiger partial charge is 0.380 e. The SMILES string of the molecule is CNC(=O)C1=Cc2cc(NCc3cc(CC(=O)c4ccc(CN5CC[C@H](N(C)C)C5)c(C(F)(F)F)c4)ccc3C)cnc2C1. The number of benzene rings is 2. The van der Waals surface area contributed by atoms with E-state index in [0.717, 1.165) is 52.7 Å². The molecule has 7 nitrogen and oxygen atoms in total. The van der Waals surface area contributed by atoms with E-state index in [9.17, 15) is 22.8 Å². The number of carbonyl (C=O) groups excluding carboxylic acids is 2. The van der Waals surface area contributed by atoms with Crippen LogP contribution in [0.5, 0.6) is 0 Å². The van der Waals surface area contributed by atoms with E-state index in [4.69, 9.17) is 0 Å². The highest BCUT2D eigenvalue weighted by atomic mass is 19.4. The van der Waals surface area contributed by atoms with Gasteiger partial charge >= 0.3 is 6.18 Å². The highest BCUT2D eigenvalue weighted by Crippen LogP contribution is 2.34. The highest BCUT2D eigenvalue weighted by molar-refractivity contribution is 6.00. The third-order valence-corrected chi connectivity index (χ3v) is 8.58. The second-order valence-electron chi connectivity index (χ2n) is 11.9. The second-order valence-corrected chi connectivity index (χ2v) is 11.9. The fourth-order valence-corrected chi connectivity index (χ4v) is 5.88. The Bertz CT molecular complexity index is 1600. The molecule has 1 fully saturated rings. The summed E-state index contributed by atoms with van der Waals surface area (Å²) in [5.41, 5.74) is 5.43. The molecule has 2 heterocycles. The predicted molar refractivity (Wildman–Crippen MR) is 165 cm³/mol. The van der Waals surface area contributed by atoms with Crippen LogP contribution in [0, 0.1) is 6.92 Å². The molecule has 1 aliphatic heterocycles. The molecule has 232 valence electrons. The topological polar surface area (TPSA) is 77.6 Å². The van der Waals surface area contributed by atoms with Gasteiger partial charge in [-0.3, -0.25) is 19.5 Å². The number of pyridine rings is 1. The Morgan fingerprint density at radius 2 is 1.89 bits per heavy atom. The summed E-state index contributed by atoms with van der Waals surface area (Å²) in [6.07, 6.45) is 0.421. The third-order valence-electron chi connectivity index (χ3n) is 8.58. The molecule has 0 unspecified atom stereocenters. The van der Waals surface area contributed by atoms with Crippen molar-refractivity contribution >= 4 is 23.5 Å². The summed E-state index contributed by atoms with van der Waals surface area (Å²) in [5.74, 6) is -0.481. The van der Waals surface area contributed by atoms with Crippen molar-refractivity contribution in [3.8, 4) is 0 Å². The Balaban J connectivity index is 1.26. The van der Waals surface area contributed by atoms with E-state index in [0.29, 0.717) is 31.1 Å². The number of carbonyl (C=O) groups is 2. The van der Waals surface area contributed by atoms with Crippen LogP contribution in [0.3, 0.4) is 0 Å². The van der Waals surface area contributed by atoms with Crippen molar-refractivity contribution in [2.24, 2.45) is 0 Å². The van der Waals surface area contributed by atoms with E-state index < -0.39 is 11.7 Å². The first kappa shape index (κ1) is 31.4. The van der Waals surface area contributed by atoms with Gasteiger partial charge in [-0.15, -0.1) is 0 Å². The van der Waals surface area contributed by atoms with Crippen LogP contribution >= 0.6 is 0 Å². The van der Waals surface area contributed by atoms with Gasteiger partial charge in [-0.05, 0) is 73.5 Å². The van der Waals surface area contributed by atoms with E-state index in [-0.39, 0.29) is 35.8 Å². The van der Waals surface area contributed by atoms with Gasteiger partial charge in [-0.1, -0.05) is 30.3 Å². The Hall–Kier alpha value is -4.02. The van der Waals surface area contributed by atoms with E-state index in [1.54, 1.807) is 13.2 Å². The molecular formula is C34H38F3N5O2. The molecule has 2 N–H and O–H groups in total. The zero-order valence-corrected chi connectivity index (χ0v) is 25.5. The number of nitrogens with one attached hydrogen (secondary N) is 2. The van der Waals surface area contributed by atoms with Gasteiger partial charge in [0.15, 0.2) is 5.78 Å². The van der Waals surface area contributed by atoms with Crippen molar-refractivity contribution in [1.82, 2.24) is 20.1 Å². The quantitative estimate of drug-likeness (QED) is 0.307. The minimum Gasteiger partial charge on any atom is -0.380 e. The molecular weight excluding hydrogens is 567 g/mol. The van der Waals surface area contributed by atoms with Crippen LogP contribution in [0.2, 0.25) is 0 Å². The highest BCUT2D eigenvalue weighted by Gasteiger charge is 2.35. The lowest BCUT2D eigenvalue weighted by molar-refractivity contribution is -0.138. The zero-order valence-electron chi connectivity index (χ0n) is 25.5. The van der Waals surface area contributed by atoms with Crippen LogP contribution in [0.15, 0.2) is 54.2 Å². The molecule has 2 aromatic carbocycles. The van der Waals surface area contributed by atoms with Gasteiger partial charge in [0.2, 0.25) is 5.91 Å². The first-order chi connectivity index (χ1) is 20.9. The lowest BCUT2D eigenvalue weighted by Crippen LogP contribution is -2.31. The van der Waals surface area contributed by atoms with Crippen molar-refractivity contribution in [3.63, 3.8) is 0 Å². The molecule has 3 aromatic rings. The number of likely N-dealkylation sites (N-methyl/N-ethyl adjacent to an activating group) is 2. The minimum atomic E-state index is -4.55. The van der Waals surface area contributed by atoms with Crippen LogP contribution in [-0.4, -0.2) is 66.7 Å². The third kappa shape index (κ3) is 7.19. The largest absolute Gasteiger partial charge is 0.416 e. The summed E-state index contributed by atoms with van der Waals surface area (Å²) < 4.78 is 42.3. The Morgan fingerprint density at radius 1 is 1.09 bits per heavy atom. The van der Waals surface area contributed by atoms with Crippen molar-refractivity contribution in [2.75, 3.05) is 39.5 Å². The number of rotatable bonds is 10. The predicted octanol–water partition coefficient (Wildman–Crippen LogP) is 5.27. The zero-order chi connectivity index (χ0) is 31.6. The van der Waals surface area contributed by atoms with Crippen molar-refractivity contribution in [3.05, 3.63) is 98.9 Å². The summed E-state index contributed by atoms with van der Waals surface area (Å²) in [6, 6.07) is 11.9. The summed E-state index contributed by atoms with van der Waals surface area (Å²) in [7, 11) is 5.57. The van der Waals surface area contributed by atoms with Gasteiger partial charge in [0, 0.05) is 63.2 Å². The van der Waals surface area contributed by atoms with Crippen molar-refractivity contribution in [1.29, 1.82) is 0 Å². The Kier molecular flexibility index (Phi) is 9.22. The summed E-state index contributed by atoms with van der Waals surface area (Å²) in [5, 5.41) is 6.00. The Morgan fingerprint density at radius 3 is 2.59 bits per heavy atom. The Labute approximate surface area is 256 Å². The fraction of sp³-hybridized carbons (Fsp3) is 0.382. The van der Waals surface area contributed by atoms with Crippen molar-refractivity contribution in [2.45, 2.75) is 51.5 Å². The lowest BCUT2D eigenvalue weighted by Gasteiger charge is -2.22. The number of hydrogen-bond donors (Lipinski definition) is 2. The molecule has 0 saturated carbocycles. The summed E-state index contributed by atoms with van der Waals surface area (Å²) in [4.78, 5) is 33.8. The molecule has 44 heavy (non-hydrogen) atoms. The van der Waals surface area contributed by atoms with Gasteiger partial charge in [0.1, 0.15) is 0 Å². The molecule has 0 radical (unpaired) electrons. The molecule has 2 aliphatic rings. The van der Waals surface area contributed by atoms with E-state index in [1.165, 1.54) is 12.1 Å². The molecule has 5 rings (SSSR count). The molecule has 1 saturated heterocycles. The molecule has 1 amide bonds. The minimum absolute atomic E-state index is 0.00592. The lowest BCUT2D eigenvalue weighted by atomic mass is 9.96. The number of alkyl halides is 3. The fourth-order valence-electron chi connectivity index (χ4n) is 5.88. The molecule has 1 aliphatic carbocycles. The second kappa shape index (κ2) is 12.9. The van der Waals surface area contributed by atoms with Gasteiger partial charge in [-0.2, -0.15) is 13.2 Å².